The van der Waals surface area contributed by atoms with Gasteiger partial charge in [0, 0.05) is 42.2 Å². The highest BCUT2D eigenvalue weighted by atomic mass is 32.2. The Morgan fingerprint density at radius 3 is 2.80 bits per heavy atom. The second-order valence-electron chi connectivity index (χ2n) is 6.46. The molecule has 0 saturated carbocycles. The van der Waals surface area contributed by atoms with Crippen LogP contribution in [0.25, 0.3) is 0 Å². The average molecular weight is 380 g/mol. The summed E-state index contributed by atoms with van der Waals surface area (Å²) in [5, 5.41) is 3.35. The zero-order chi connectivity index (χ0) is 18.2. The summed E-state index contributed by atoms with van der Waals surface area (Å²) in [5.41, 5.74) is 1.35. The van der Waals surface area contributed by atoms with E-state index >= 15 is 0 Å². The molecule has 1 aliphatic rings. The molecular formula is C17H21N3O3S2. The van der Waals surface area contributed by atoms with E-state index in [4.69, 9.17) is 0 Å². The van der Waals surface area contributed by atoms with Crippen LogP contribution in [-0.2, 0) is 22.8 Å². The molecule has 1 aliphatic heterocycles. The second kappa shape index (κ2) is 6.86. The summed E-state index contributed by atoms with van der Waals surface area (Å²) in [5.74, 6) is -0.350. The Hall–Kier alpha value is -1.77. The topological polar surface area (TPSA) is 79.4 Å². The number of carbonyl (C=O) groups is 1. The molecule has 3 rings (SSSR count). The predicted molar refractivity (Wildman–Crippen MR) is 98.9 cm³/mol. The summed E-state index contributed by atoms with van der Waals surface area (Å²) in [6, 6.07) is 6.51. The van der Waals surface area contributed by atoms with Crippen molar-refractivity contribution in [2.24, 2.45) is 0 Å². The van der Waals surface area contributed by atoms with Crippen LogP contribution in [0.2, 0.25) is 0 Å². The lowest BCUT2D eigenvalue weighted by Crippen LogP contribution is -2.35. The number of benzene rings is 1. The summed E-state index contributed by atoms with van der Waals surface area (Å²) in [6.45, 7) is 6.16. The monoisotopic (exact) mass is 379 g/mol. The number of carbonyl (C=O) groups excluding carboxylic acids is 1. The lowest BCUT2D eigenvalue weighted by molar-refractivity contribution is 0.102. The first-order chi connectivity index (χ1) is 11.7. The van der Waals surface area contributed by atoms with Gasteiger partial charge in [0.2, 0.25) is 0 Å². The molecule has 0 unspecified atom stereocenters. The number of rotatable bonds is 4. The van der Waals surface area contributed by atoms with Gasteiger partial charge in [0.25, 0.3) is 5.91 Å². The molecule has 1 amide bonds. The number of aromatic nitrogens is 1. The van der Waals surface area contributed by atoms with Crippen molar-refractivity contribution in [2.45, 2.75) is 37.8 Å². The van der Waals surface area contributed by atoms with E-state index in [-0.39, 0.29) is 10.8 Å². The summed E-state index contributed by atoms with van der Waals surface area (Å²) in [4.78, 5) is 20.6. The van der Waals surface area contributed by atoms with E-state index in [1.165, 1.54) is 28.3 Å². The van der Waals surface area contributed by atoms with Gasteiger partial charge < -0.3 is 0 Å². The van der Waals surface area contributed by atoms with Gasteiger partial charge in [-0.15, -0.1) is 11.3 Å². The van der Waals surface area contributed by atoms with Crippen LogP contribution in [0.1, 0.15) is 34.8 Å². The van der Waals surface area contributed by atoms with Crippen molar-refractivity contribution < 1.29 is 13.2 Å². The van der Waals surface area contributed by atoms with Crippen LogP contribution < -0.4 is 5.32 Å². The van der Waals surface area contributed by atoms with Crippen molar-refractivity contribution in [3.63, 3.8) is 0 Å². The van der Waals surface area contributed by atoms with Crippen LogP contribution in [0.15, 0.2) is 29.2 Å². The quantitative estimate of drug-likeness (QED) is 0.883. The number of hydrogen-bond acceptors (Lipinski definition) is 6. The van der Waals surface area contributed by atoms with Crippen molar-refractivity contribution in [1.29, 1.82) is 0 Å². The number of fused-ring (bicyclic) bond motifs is 1. The van der Waals surface area contributed by atoms with Crippen LogP contribution >= 0.6 is 11.3 Å². The van der Waals surface area contributed by atoms with Crippen LogP contribution in [-0.4, -0.2) is 43.1 Å². The Kier molecular flexibility index (Phi) is 4.95. The molecule has 2 heterocycles. The standard InChI is InChI=1S/C17H21N3O3S2/c1-11(2)20-8-7-14-15(10-20)24-17(18-14)19-16(21)12-5-4-6-13(9-12)25(3,22)23/h4-6,9,11H,7-8,10H2,1-3H3,(H,18,19,21). The molecule has 0 radical (unpaired) electrons. The maximum absolute atomic E-state index is 12.4. The molecule has 1 aromatic carbocycles. The van der Waals surface area contributed by atoms with Crippen molar-refractivity contribution in [1.82, 2.24) is 9.88 Å². The van der Waals surface area contributed by atoms with Gasteiger partial charge in [-0.1, -0.05) is 6.07 Å². The largest absolute Gasteiger partial charge is 0.298 e. The molecule has 2 aromatic rings. The smallest absolute Gasteiger partial charge is 0.257 e. The third-order valence-corrected chi connectivity index (χ3v) is 6.34. The number of thiazole rings is 1. The number of anilines is 1. The maximum Gasteiger partial charge on any atom is 0.257 e. The molecule has 0 aliphatic carbocycles. The lowest BCUT2D eigenvalue weighted by atomic mass is 10.1. The molecule has 8 heteroatoms. The first-order valence-electron chi connectivity index (χ1n) is 8.08. The van der Waals surface area contributed by atoms with Gasteiger partial charge in [-0.3, -0.25) is 15.0 Å². The fraction of sp³-hybridized carbons (Fsp3) is 0.412. The molecule has 134 valence electrons. The molecule has 0 bridgehead atoms. The van der Waals surface area contributed by atoms with Gasteiger partial charge in [0.15, 0.2) is 15.0 Å². The van der Waals surface area contributed by atoms with Crippen LogP contribution in [0.5, 0.6) is 0 Å². The molecule has 0 atom stereocenters. The van der Waals surface area contributed by atoms with Gasteiger partial charge in [0.1, 0.15) is 0 Å². The van der Waals surface area contributed by atoms with Crippen molar-refractivity contribution in [2.75, 3.05) is 18.1 Å². The van der Waals surface area contributed by atoms with E-state index in [2.05, 4.69) is 29.0 Å². The van der Waals surface area contributed by atoms with Crippen molar-refractivity contribution >= 4 is 32.2 Å². The van der Waals surface area contributed by atoms with Gasteiger partial charge in [-0.2, -0.15) is 0 Å². The zero-order valence-corrected chi connectivity index (χ0v) is 16.1. The van der Waals surface area contributed by atoms with Gasteiger partial charge in [-0.25, -0.2) is 13.4 Å². The number of hydrogen-bond donors (Lipinski definition) is 1. The van der Waals surface area contributed by atoms with Crippen molar-refractivity contribution in [3.05, 3.63) is 40.4 Å². The Bertz CT molecular complexity index is 904. The van der Waals surface area contributed by atoms with E-state index in [0.717, 1.165) is 31.5 Å². The fourth-order valence-corrected chi connectivity index (χ4v) is 4.44. The normalized spacial score (nSPS) is 15.2. The number of amides is 1. The summed E-state index contributed by atoms with van der Waals surface area (Å²) < 4.78 is 23.3. The van der Waals surface area contributed by atoms with E-state index < -0.39 is 9.84 Å². The van der Waals surface area contributed by atoms with Crippen LogP contribution in [0.3, 0.4) is 0 Å². The van der Waals surface area contributed by atoms with E-state index in [0.29, 0.717) is 16.7 Å². The third-order valence-electron chi connectivity index (χ3n) is 4.24. The highest BCUT2D eigenvalue weighted by Gasteiger charge is 2.23. The van der Waals surface area contributed by atoms with Crippen LogP contribution in [0.4, 0.5) is 5.13 Å². The molecule has 0 saturated heterocycles. The van der Waals surface area contributed by atoms with Gasteiger partial charge in [0.05, 0.1) is 10.6 Å². The minimum absolute atomic E-state index is 0.131. The minimum atomic E-state index is -3.35. The molecule has 1 aromatic heterocycles. The Morgan fingerprint density at radius 2 is 2.12 bits per heavy atom. The summed E-state index contributed by atoms with van der Waals surface area (Å²) in [7, 11) is -3.35. The van der Waals surface area contributed by atoms with E-state index in [1.54, 1.807) is 12.1 Å². The Labute approximate surface area is 151 Å². The number of nitrogens with zero attached hydrogens (tertiary/aromatic N) is 2. The second-order valence-corrected chi connectivity index (χ2v) is 9.56. The first-order valence-corrected chi connectivity index (χ1v) is 10.8. The minimum Gasteiger partial charge on any atom is -0.298 e. The Balaban J connectivity index is 1.77. The maximum atomic E-state index is 12.4. The summed E-state index contributed by atoms with van der Waals surface area (Å²) in [6.07, 6.45) is 2.00. The molecule has 1 N–H and O–H groups in total. The lowest BCUT2D eigenvalue weighted by Gasteiger charge is -2.29. The summed E-state index contributed by atoms with van der Waals surface area (Å²) >= 11 is 1.49. The van der Waals surface area contributed by atoms with E-state index in [9.17, 15) is 13.2 Å². The van der Waals surface area contributed by atoms with Gasteiger partial charge >= 0.3 is 0 Å². The first kappa shape index (κ1) is 18.0. The number of sulfone groups is 1. The highest BCUT2D eigenvalue weighted by Crippen LogP contribution is 2.29. The van der Waals surface area contributed by atoms with Crippen molar-refractivity contribution in [3.8, 4) is 0 Å². The third kappa shape index (κ3) is 4.08. The van der Waals surface area contributed by atoms with Gasteiger partial charge in [-0.05, 0) is 32.0 Å². The predicted octanol–water partition coefficient (Wildman–Crippen LogP) is 2.57. The Morgan fingerprint density at radius 1 is 1.36 bits per heavy atom. The number of nitrogens with one attached hydrogen (secondary N) is 1. The SMILES string of the molecule is CC(C)N1CCc2nc(NC(=O)c3cccc(S(C)(=O)=O)c3)sc2C1. The molecule has 0 fully saturated rings. The van der Waals surface area contributed by atoms with Crippen LogP contribution in [0, 0.1) is 0 Å². The van der Waals surface area contributed by atoms with E-state index in [1.807, 2.05) is 0 Å². The molecule has 0 spiro atoms. The zero-order valence-electron chi connectivity index (χ0n) is 14.4. The average Bonchev–Trinajstić information content (AvgIpc) is 2.95. The molecular weight excluding hydrogens is 358 g/mol. The molecule has 6 nitrogen and oxygen atoms in total. The molecule has 25 heavy (non-hydrogen) atoms. The fourth-order valence-electron chi connectivity index (χ4n) is 2.75. The highest BCUT2D eigenvalue weighted by molar-refractivity contribution is 7.90.